The summed E-state index contributed by atoms with van der Waals surface area (Å²) in [5, 5.41) is 4.63. The van der Waals surface area contributed by atoms with Crippen molar-refractivity contribution in [1.82, 2.24) is 10.2 Å². The first-order chi connectivity index (χ1) is 8.76. The van der Waals surface area contributed by atoms with Crippen LogP contribution in [0.4, 0.5) is 0 Å². The third-order valence-corrected chi connectivity index (χ3v) is 3.29. The van der Waals surface area contributed by atoms with E-state index in [9.17, 15) is 0 Å². The Morgan fingerprint density at radius 3 is 2.72 bits per heavy atom. The summed E-state index contributed by atoms with van der Waals surface area (Å²) in [6.45, 7) is 8.03. The third kappa shape index (κ3) is 2.74. The molecule has 0 aliphatic heterocycles. The Kier molecular flexibility index (Phi) is 4.39. The number of benzene rings is 1. The zero-order valence-corrected chi connectivity index (χ0v) is 11.5. The number of nitrogens with one attached hydrogen (secondary N) is 1. The average molecular weight is 246 g/mol. The summed E-state index contributed by atoms with van der Waals surface area (Å²) in [4.78, 5) is 2.26. The van der Waals surface area contributed by atoms with E-state index in [1.165, 1.54) is 10.9 Å². The Morgan fingerprint density at radius 1 is 1.22 bits per heavy atom. The summed E-state index contributed by atoms with van der Waals surface area (Å²) in [6, 6.07) is 8.28. The van der Waals surface area contributed by atoms with E-state index in [-0.39, 0.29) is 0 Å². The summed E-state index contributed by atoms with van der Waals surface area (Å²) in [6.07, 6.45) is 0. The molecule has 0 amide bonds. The second kappa shape index (κ2) is 6.03. The molecule has 0 radical (unpaired) electrons. The zero-order chi connectivity index (χ0) is 13.0. The molecule has 0 unspecified atom stereocenters. The number of hydrogen-bond donors (Lipinski definition) is 1. The van der Waals surface area contributed by atoms with Gasteiger partial charge in [0.15, 0.2) is 0 Å². The number of para-hydroxylation sites is 1. The van der Waals surface area contributed by atoms with Gasteiger partial charge in [0.05, 0.1) is 6.54 Å². The molecule has 0 saturated carbocycles. The van der Waals surface area contributed by atoms with Crippen LogP contribution >= 0.6 is 0 Å². The molecule has 0 aliphatic carbocycles. The Bertz CT molecular complexity index is 504. The van der Waals surface area contributed by atoms with E-state index in [1.54, 1.807) is 0 Å². The SMILES string of the molecule is CCNCc1c(CN(C)CC)oc2ccccc12. The number of furan rings is 1. The minimum atomic E-state index is 0.867. The Labute approximate surface area is 109 Å². The van der Waals surface area contributed by atoms with Crippen LogP contribution in [0, 0.1) is 0 Å². The van der Waals surface area contributed by atoms with E-state index in [2.05, 4.69) is 43.2 Å². The Hall–Kier alpha value is -1.32. The normalized spacial score (nSPS) is 11.6. The average Bonchev–Trinajstić information content (AvgIpc) is 2.73. The molecular weight excluding hydrogens is 224 g/mol. The van der Waals surface area contributed by atoms with Gasteiger partial charge >= 0.3 is 0 Å². The van der Waals surface area contributed by atoms with Gasteiger partial charge in [-0.3, -0.25) is 4.90 Å². The molecule has 0 atom stereocenters. The van der Waals surface area contributed by atoms with Crippen LogP contribution < -0.4 is 5.32 Å². The van der Waals surface area contributed by atoms with Crippen LogP contribution in [0.1, 0.15) is 25.2 Å². The van der Waals surface area contributed by atoms with Crippen LogP contribution in [0.25, 0.3) is 11.0 Å². The molecule has 0 bridgehead atoms. The van der Waals surface area contributed by atoms with Crippen molar-refractivity contribution in [1.29, 1.82) is 0 Å². The maximum Gasteiger partial charge on any atom is 0.134 e. The monoisotopic (exact) mass is 246 g/mol. The van der Waals surface area contributed by atoms with Crippen LogP contribution in [0.15, 0.2) is 28.7 Å². The summed E-state index contributed by atoms with van der Waals surface area (Å²) in [5.74, 6) is 1.08. The molecule has 3 heteroatoms. The van der Waals surface area contributed by atoms with E-state index < -0.39 is 0 Å². The molecule has 98 valence electrons. The summed E-state index contributed by atoms with van der Waals surface area (Å²) in [7, 11) is 2.12. The van der Waals surface area contributed by atoms with Gasteiger partial charge < -0.3 is 9.73 Å². The maximum atomic E-state index is 5.99. The number of hydrogen-bond acceptors (Lipinski definition) is 3. The second-order valence-electron chi connectivity index (χ2n) is 4.61. The predicted molar refractivity (Wildman–Crippen MR) is 75.6 cm³/mol. The maximum absolute atomic E-state index is 5.99. The molecule has 1 heterocycles. The van der Waals surface area contributed by atoms with E-state index in [1.807, 2.05) is 12.1 Å². The van der Waals surface area contributed by atoms with Crippen LogP contribution in [0.3, 0.4) is 0 Å². The van der Waals surface area contributed by atoms with E-state index >= 15 is 0 Å². The predicted octanol–water partition coefficient (Wildman–Crippen LogP) is 2.99. The van der Waals surface area contributed by atoms with Gasteiger partial charge in [-0.25, -0.2) is 0 Å². The third-order valence-electron chi connectivity index (χ3n) is 3.29. The highest BCUT2D eigenvalue weighted by Gasteiger charge is 2.14. The zero-order valence-electron chi connectivity index (χ0n) is 11.5. The number of nitrogens with zero attached hydrogens (tertiary/aromatic N) is 1. The summed E-state index contributed by atoms with van der Waals surface area (Å²) >= 11 is 0. The van der Waals surface area contributed by atoms with Crippen molar-refractivity contribution < 1.29 is 4.42 Å². The topological polar surface area (TPSA) is 28.4 Å². The van der Waals surface area contributed by atoms with Gasteiger partial charge in [0.25, 0.3) is 0 Å². The first kappa shape index (κ1) is 13.1. The van der Waals surface area contributed by atoms with Crippen molar-refractivity contribution in [2.75, 3.05) is 20.1 Å². The molecule has 0 saturated heterocycles. The second-order valence-corrected chi connectivity index (χ2v) is 4.61. The van der Waals surface area contributed by atoms with Crippen LogP contribution in [-0.2, 0) is 13.1 Å². The highest BCUT2D eigenvalue weighted by molar-refractivity contribution is 5.82. The molecule has 0 fully saturated rings. The van der Waals surface area contributed by atoms with Crippen molar-refractivity contribution in [3.63, 3.8) is 0 Å². The van der Waals surface area contributed by atoms with Gasteiger partial charge in [0, 0.05) is 17.5 Å². The van der Waals surface area contributed by atoms with Gasteiger partial charge in [-0.15, -0.1) is 0 Å². The van der Waals surface area contributed by atoms with Gasteiger partial charge in [-0.05, 0) is 26.2 Å². The Balaban J connectivity index is 2.36. The molecule has 3 nitrogen and oxygen atoms in total. The Morgan fingerprint density at radius 2 is 2.00 bits per heavy atom. The highest BCUT2D eigenvalue weighted by atomic mass is 16.3. The van der Waals surface area contributed by atoms with Gasteiger partial charge in [-0.2, -0.15) is 0 Å². The van der Waals surface area contributed by atoms with Crippen molar-refractivity contribution >= 4 is 11.0 Å². The lowest BCUT2D eigenvalue weighted by Crippen LogP contribution is -2.19. The van der Waals surface area contributed by atoms with Gasteiger partial charge in [0.1, 0.15) is 11.3 Å². The molecule has 1 aromatic heterocycles. The fourth-order valence-corrected chi connectivity index (χ4v) is 2.08. The molecule has 18 heavy (non-hydrogen) atoms. The molecule has 1 N–H and O–H groups in total. The highest BCUT2D eigenvalue weighted by Crippen LogP contribution is 2.26. The van der Waals surface area contributed by atoms with Crippen LogP contribution in [0.2, 0.25) is 0 Å². The lowest BCUT2D eigenvalue weighted by Gasteiger charge is -2.13. The first-order valence-corrected chi connectivity index (χ1v) is 6.64. The molecule has 0 spiro atoms. The largest absolute Gasteiger partial charge is 0.459 e. The van der Waals surface area contributed by atoms with Crippen molar-refractivity contribution in [3.8, 4) is 0 Å². The lowest BCUT2D eigenvalue weighted by molar-refractivity contribution is 0.312. The van der Waals surface area contributed by atoms with Crippen LogP contribution in [-0.4, -0.2) is 25.0 Å². The smallest absolute Gasteiger partial charge is 0.134 e. The fourth-order valence-electron chi connectivity index (χ4n) is 2.08. The standard InChI is InChI=1S/C15H22N2O/c1-4-16-10-13-12-8-6-7-9-14(12)18-15(13)11-17(3)5-2/h6-9,16H,4-5,10-11H2,1-3H3. The minimum Gasteiger partial charge on any atom is -0.459 e. The number of fused-ring (bicyclic) bond motifs is 1. The van der Waals surface area contributed by atoms with Crippen molar-refractivity contribution in [3.05, 3.63) is 35.6 Å². The van der Waals surface area contributed by atoms with Gasteiger partial charge in [0.2, 0.25) is 0 Å². The van der Waals surface area contributed by atoms with Crippen molar-refractivity contribution in [2.24, 2.45) is 0 Å². The van der Waals surface area contributed by atoms with Crippen LogP contribution in [0.5, 0.6) is 0 Å². The van der Waals surface area contributed by atoms with E-state index in [4.69, 9.17) is 4.42 Å². The molecule has 1 aromatic carbocycles. The molecule has 0 aliphatic rings. The minimum absolute atomic E-state index is 0.867. The van der Waals surface area contributed by atoms with Gasteiger partial charge in [-0.1, -0.05) is 32.0 Å². The quantitative estimate of drug-likeness (QED) is 0.849. The fraction of sp³-hybridized carbons (Fsp3) is 0.467. The number of rotatable bonds is 6. The van der Waals surface area contributed by atoms with E-state index in [0.29, 0.717) is 0 Å². The first-order valence-electron chi connectivity index (χ1n) is 6.64. The molecule has 2 rings (SSSR count). The molecule has 2 aromatic rings. The van der Waals surface area contributed by atoms with E-state index in [0.717, 1.165) is 37.5 Å². The molecular formula is C15H22N2O. The van der Waals surface area contributed by atoms with Crippen molar-refractivity contribution in [2.45, 2.75) is 26.9 Å². The lowest BCUT2D eigenvalue weighted by atomic mass is 10.1. The summed E-state index contributed by atoms with van der Waals surface area (Å²) in [5.41, 5.74) is 2.29. The summed E-state index contributed by atoms with van der Waals surface area (Å²) < 4.78 is 5.99.